The molecule has 1 aliphatic rings. The van der Waals surface area contributed by atoms with Crippen LogP contribution in [0.5, 0.6) is 0 Å². The summed E-state index contributed by atoms with van der Waals surface area (Å²) in [6.07, 6.45) is -4.45. The van der Waals surface area contributed by atoms with E-state index in [0.29, 0.717) is 5.69 Å². The van der Waals surface area contributed by atoms with E-state index in [9.17, 15) is 26.4 Å². The number of hydrogen-bond acceptors (Lipinski definition) is 3. The van der Waals surface area contributed by atoms with Crippen molar-refractivity contribution in [3.8, 4) is 0 Å². The lowest BCUT2D eigenvalue weighted by molar-refractivity contribution is -0.137. The molecule has 1 amide bonds. The van der Waals surface area contributed by atoms with Crippen LogP contribution in [0, 0.1) is 9.49 Å². The average Bonchev–Trinajstić information content (AvgIpc) is 2.66. The summed E-state index contributed by atoms with van der Waals surface area (Å²) in [6, 6.07) is 3.08. The zero-order valence-corrected chi connectivity index (χ0v) is 14.1. The molecule has 1 aromatic carbocycles. The molecule has 0 saturated carbocycles. The number of benzene rings is 1. The molecule has 10 heteroatoms. The summed E-state index contributed by atoms with van der Waals surface area (Å²) in [6.45, 7) is 0.122. The number of alkyl halides is 3. The van der Waals surface area contributed by atoms with Gasteiger partial charge in [0, 0.05) is 22.5 Å². The highest BCUT2D eigenvalue weighted by Crippen LogP contribution is 2.35. The van der Waals surface area contributed by atoms with Gasteiger partial charge in [0.2, 0.25) is 15.9 Å². The van der Waals surface area contributed by atoms with Crippen molar-refractivity contribution < 1.29 is 26.4 Å². The Morgan fingerprint density at radius 1 is 1.36 bits per heavy atom. The molecule has 1 aromatic rings. The van der Waals surface area contributed by atoms with Crippen molar-refractivity contribution in [1.82, 2.24) is 0 Å². The molecule has 1 unspecified atom stereocenters. The van der Waals surface area contributed by atoms with E-state index in [4.69, 9.17) is 5.14 Å². The van der Waals surface area contributed by atoms with Gasteiger partial charge in [-0.05, 0) is 40.8 Å². The molecule has 0 aliphatic carbocycles. The molecule has 1 atom stereocenters. The highest BCUT2D eigenvalue weighted by Gasteiger charge is 2.35. The van der Waals surface area contributed by atoms with Crippen molar-refractivity contribution in [3.05, 3.63) is 27.3 Å². The second-order valence-electron chi connectivity index (χ2n) is 5.07. The summed E-state index contributed by atoms with van der Waals surface area (Å²) >= 11 is 1.72. The maximum absolute atomic E-state index is 12.6. The number of amides is 1. The van der Waals surface area contributed by atoms with Crippen molar-refractivity contribution in [2.45, 2.75) is 12.6 Å². The number of anilines is 1. The zero-order chi connectivity index (χ0) is 16.7. The number of carbonyl (C=O) groups is 1. The van der Waals surface area contributed by atoms with Gasteiger partial charge in [-0.2, -0.15) is 13.2 Å². The number of rotatable bonds is 3. The van der Waals surface area contributed by atoms with Crippen molar-refractivity contribution in [2.24, 2.45) is 11.1 Å². The monoisotopic (exact) mass is 448 g/mol. The number of nitrogens with two attached hydrogens (primary N) is 1. The number of sulfonamides is 1. The minimum absolute atomic E-state index is 0.00747. The zero-order valence-electron chi connectivity index (χ0n) is 11.1. The van der Waals surface area contributed by atoms with Crippen LogP contribution in [0.2, 0.25) is 0 Å². The van der Waals surface area contributed by atoms with E-state index in [1.807, 2.05) is 0 Å². The first-order valence-corrected chi connectivity index (χ1v) is 8.94. The lowest BCUT2D eigenvalue weighted by Gasteiger charge is -2.19. The van der Waals surface area contributed by atoms with Gasteiger partial charge >= 0.3 is 6.18 Å². The van der Waals surface area contributed by atoms with Gasteiger partial charge in [-0.3, -0.25) is 4.79 Å². The van der Waals surface area contributed by atoms with Crippen LogP contribution in [-0.2, 0) is 21.0 Å². The van der Waals surface area contributed by atoms with Crippen LogP contribution in [0.25, 0.3) is 0 Å². The standard InChI is InChI=1S/C12H12F3IN2O3S/c13-12(14,15)8-1-2-10(9(16)4-8)18-5-7(3-11(18)19)6-22(17,20)21/h1-2,4,7H,3,5-6H2,(H2,17,20,21). The molecule has 1 fully saturated rings. The Bertz CT molecular complexity index is 706. The molecular formula is C12H12F3IN2O3S. The molecule has 1 heterocycles. The van der Waals surface area contributed by atoms with Gasteiger partial charge in [-0.15, -0.1) is 0 Å². The summed E-state index contributed by atoms with van der Waals surface area (Å²) in [5, 5.41) is 4.96. The molecular weight excluding hydrogens is 436 g/mol. The topological polar surface area (TPSA) is 80.5 Å². The first-order chi connectivity index (χ1) is 9.97. The molecule has 1 saturated heterocycles. The van der Waals surface area contributed by atoms with Crippen LogP contribution in [0.3, 0.4) is 0 Å². The van der Waals surface area contributed by atoms with Gasteiger partial charge in [-0.1, -0.05) is 0 Å². The maximum Gasteiger partial charge on any atom is 0.416 e. The Morgan fingerprint density at radius 3 is 2.50 bits per heavy atom. The molecule has 2 rings (SSSR count). The van der Waals surface area contributed by atoms with Crippen LogP contribution >= 0.6 is 22.6 Å². The van der Waals surface area contributed by atoms with E-state index in [-0.39, 0.29) is 28.2 Å². The molecule has 122 valence electrons. The molecule has 0 aromatic heterocycles. The summed E-state index contributed by atoms with van der Waals surface area (Å²) in [4.78, 5) is 13.3. The largest absolute Gasteiger partial charge is 0.416 e. The lowest BCUT2D eigenvalue weighted by Crippen LogP contribution is -2.28. The van der Waals surface area contributed by atoms with E-state index in [1.54, 1.807) is 22.6 Å². The average molecular weight is 448 g/mol. The maximum atomic E-state index is 12.6. The fraction of sp³-hybridized carbons (Fsp3) is 0.417. The molecule has 1 aliphatic heterocycles. The Labute approximate surface area is 138 Å². The van der Waals surface area contributed by atoms with Crippen molar-refractivity contribution in [1.29, 1.82) is 0 Å². The molecule has 0 spiro atoms. The molecule has 2 N–H and O–H groups in total. The number of halogens is 4. The summed E-state index contributed by atoms with van der Waals surface area (Å²) < 4.78 is 60.3. The third-order valence-electron chi connectivity index (χ3n) is 3.24. The van der Waals surface area contributed by atoms with Gasteiger partial charge in [0.15, 0.2) is 0 Å². The minimum atomic E-state index is -4.45. The predicted molar refractivity (Wildman–Crippen MR) is 82.6 cm³/mol. The van der Waals surface area contributed by atoms with Gasteiger partial charge in [0.05, 0.1) is 17.0 Å². The van der Waals surface area contributed by atoms with Crippen LogP contribution < -0.4 is 10.0 Å². The number of primary sulfonamides is 1. The van der Waals surface area contributed by atoms with Crippen LogP contribution in [0.15, 0.2) is 18.2 Å². The van der Waals surface area contributed by atoms with E-state index < -0.39 is 27.7 Å². The predicted octanol–water partition coefficient (Wildman–Crippen LogP) is 1.95. The molecule has 0 bridgehead atoms. The normalized spacial score (nSPS) is 19.8. The fourth-order valence-electron chi connectivity index (χ4n) is 2.36. The number of hydrogen-bond donors (Lipinski definition) is 1. The lowest BCUT2D eigenvalue weighted by atomic mass is 10.1. The van der Waals surface area contributed by atoms with E-state index in [1.165, 1.54) is 11.0 Å². The van der Waals surface area contributed by atoms with E-state index in [0.717, 1.165) is 12.1 Å². The van der Waals surface area contributed by atoms with E-state index in [2.05, 4.69) is 0 Å². The number of nitrogens with zero attached hydrogens (tertiary/aromatic N) is 1. The molecule has 5 nitrogen and oxygen atoms in total. The van der Waals surface area contributed by atoms with Gasteiger partial charge in [0.25, 0.3) is 0 Å². The Kier molecular flexibility index (Phi) is 4.74. The highest BCUT2D eigenvalue weighted by molar-refractivity contribution is 14.1. The van der Waals surface area contributed by atoms with Gasteiger partial charge in [0.1, 0.15) is 0 Å². The van der Waals surface area contributed by atoms with Crippen molar-refractivity contribution in [2.75, 3.05) is 17.2 Å². The van der Waals surface area contributed by atoms with Crippen LogP contribution in [0.4, 0.5) is 18.9 Å². The molecule has 0 radical (unpaired) electrons. The van der Waals surface area contributed by atoms with Crippen LogP contribution in [0.1, 0.15) is 12.0 Å². The summed E-state index contributed by atoms with van der Waals surface area (Å²) in [5.74, 6) is -1.11. The molecule has 22 heavy (non-hydrogen) atoms. The Hall–Kier alpha value is -0.880. The fourth-order valence-corrected chi connectivity index (χ4v) is 4.04. The first kappa shape index (κ1) is 17.5. The van der Waals surface area contributed by atoms with Crippen molar-refractivity contribution >= 4 is 44.2 Å². The highest BCUT2D eigenvalue weighted by atomic mass is 127. The summed E-state index contributed by atoms with van der Waals surface area (Å²) in [7, 11) is -3.70. The second kappa shape index (κ2) is 5.96. The number of carbonyl (C=O) groups excluding carboxylic acids is 1. The quantitative estimate of drug-likeness (QED) is 0.719. The third-order valence-corrected chi connectivity index (χ3v) is 5.04. The third kappa shape index (κ3) is 4.10. The Balaban J connectivity index is 2.24. The van der Waals surface area contributed by atoms with E-state index >= 15 is 0 Å². The van der Waals surface area contributed by atoms with Crippen LogP contribution in [-0.4, -0.2) is 26.6 Å². The van der Waals surface area contributed by atoms with Crippen molar-refractivity contribution in [3.63, 3.8) is 0 Å². The smallest absolute Gasteiger partial charge is 0.311 e. The van der Waals surface area contributed by atoms with Gasteiger partial charge in [-0.25, -0.2) is 13.6 Å². The minimum Gasteiger partial charge on any atom is -0.311 e. The first-order valence-electron chi connectivity index (χ1n) is 6.15. The summed E-state index contributed by atoms with van der Waals surface area (Å²) in [5.41, 5.74) is -0.455. The SMILES string of the molecule is NS(=O)(=O)CC1CC(=O)N(c2ccc(C(F)(F)F)cc2I)C1. The van der Waals surface area contributed by atoms with Gasteiger partial charge < -0.3 is 4.90 Å². The Morgan fingerprint density at radius 2 is 2.00 bits per heavy atom. The second-order valence-corrected chi connectivity index (χ2v) is 7.89.